The van der Waals surface area contributed by atoms with Crippen LogP contribution in [0.25, 0.3) is 0 Å². The fourth-order valence-corrected chi connectivity index (χ4v) is 1.96. The van der Waals surface area contributed by atoms with Crippen LogP contribution in [0.5, 0.6) is 0 Å². The van der Waals surface area contributed by atoms with Crippen molar-refractivity contribution in [3.8, 4) is 0 Å². The lowest BCUT2D eigenvalue weighted by molar-refractivity contribution is -0.130. The molecule has 0 saturated carbocycles. The van der Waals surface area contributed by atoms with Gasteiger partial charge in [-0.3, -0.25) is 4.79 Å². The highest BCUT2D eigenvalue weighted by Crippen LogP contribution is 2.17. The van der Waals surface area contributed by atoms with Crippen LogP contribution in [-0.4, -0.2) is 18.6 Å². The smallest absolute Gasteiger partial charge is 0.249 e. The number of rotatable bonds is 3. The molecule has 3 N–H and O–H groups in total. The van der Waals surface area contributed by atoms with Crippen molar-refractivity contribution in [2.24, 2.45) is 0 Å². The van der Waals surface area contributed by atoms with E-state index in [2.05, 4.69) is 5.32 Å². The van der Waals surface area contributed by atoms with Crippen molar-refractivity contribution >= 4 is 11.6 Å². The summed E-state index contributed by atoms with van der Waals surface area (Å²) < 4.78 is 5.34. The van der Waals surface area contributed by atoms with Gasteiger partial charge in [0, 0.05) is 12.3 Å². The Bertz CT molecular complexity index is 383. The SMILES string of the molecule is CC(NC(=O)[C@@H]1CCCO1)c1ccc(N)cc1. The number of ether oxygens (including phenoxy) is 1. The number of nitrogens with one attached hydrogen (secondary N) is 1. The molecule has 1 fully saturated rings. The van der Waals surface area contributed by atoms with Crippen molar-refractivity contribution in [3.05, 3.63) is 29.8 Å². The number of hydrogen-bond donors (Lipinski definition) is 2. The minimum atomic E-state index is -0.272. The molecule has 2 rings (SSSR count). The van der Waals surface area contributed by atoms with E-state index < -0.39 is 0 Å². The average molecular weight is 234 g/mol. The van der Waals surface area contributed by atoms with E-state index in [1.54, 1.807) is 0 Å². The quantitative estimate of drug-likeness (QED) is 0.781. The van der Waals surface area contributed by atoms with Crippen LogP contribution in [0.4, 0.5) is 5.69 Å². The van der Waals surface area contributed by atoms with Gasteiger partial charge in [0.1, 0.15) is 6.10 Å². The first-order valence-electron chi connectivity index (χ1n) is 5.94. The first kappa shape index (κ1) is 11.9. The van der Waals surface area contributed by atoms with E-state index in [0.29, 0.717) is 6.61 Å². The van der Waals surface area contributed by atoms with Crippen LogP contribution < -0.4 is 11.1 Å². The van der Waals surface area contributed by atoms with Crippen molar-refractivity contribution in [2.75, 3.05) is 12.3 Å². The molecule has 0 spiro atoms. The number of hydrogen-bond acceptors (Lipinski definition) is 3. The lowest BCUT2D eigenvalue weighted by Gasteiger charge is -2.17. The Morgan fingerprint density at radius 2 is 2.18 bits per heavy atom. The van der Waals surface area contributed by atoms with Crippen LogP contribution in [0.3, 0.4) is 0 Å². The summed E-state index contributed by atoms with van der Waals surface area (Å²) in [5.41, 5.74) is 7.40. The Hall–Kier alpha value is -1.55. The van der Waals surface area contributed by atoms with Gasteiger partial charge in [-0.1, -0.05) is 12.1 Å². The van der Waals surface area contributed by atoms with Crippen molar-refractivity contribution in [3.63, 3.8) is 0 Å². The van der Waals surface area contributed by atoms with E-state index in [4.69, 9.17) is 10.5 Å². The molecule has 92 valence electrons. The molecule has 0 aliphatic carbocycles. The predicted octanol–water partition coefficient (Wildman–Crippen LogP) is 1.62. The van der Waals surface area contributed by atoms with E-state index in [0.717, 1.165) is 24.1 Å². The van der Waals surface area contributed by atoms with Gasteiger partial charge in [-0.15, -0.1) is 0 Å². The van der Waals surface area contributed by atoms with Gasteiger partial charge >= 0.3 is 0 Å². The normalized spacial score (nSPS) is 21.1. The Labute approximate surface area is 101 Å². The van der Waals surface area contributed by atoms with Crippen LogP contribution in [0.1, 0.15) is 31.4 Å². The minimum absolute atomic E-state index is 0.0210. The number of carbonyl (C=O) groups is 1. The highest BCUT2D eigenvalue weighted by Gasteiger charge is 2.24. The fraction of sp³-hybridized carbons (Fsp3) is 0.462. The molecule has 1 unspecified atom stereocenters. The zero-order chi connectivity index (χ0) is 12.3. The lowest BCUT2D eigenvalue weighted by Crippen LogP contribution is -2.35. The minimum Gasteiger partial charge on any atom is -0.399 e. The predicted molar refractivity (Wildman–Crippen MR) is 66.4 cm³/mol. The molecule has 1 aromatic rings. The zero-order valence-corrected chi connectivity index (χ0v) is 9.98. The second kappa shape index (κ2) is 5.19. The third-order valence-corrected chi connectivity index (χ3v) is 3.02. The first-order valence-corrected chi connectivity index (χ1v) is 5.94. The molecule has 1 heterocycles. The third kappa shape index (κ3) is 2.97. The molecule has 0 bridgehead atoms. The number of amides is 1. The molecule has 4 heteroatoms. The van der Waals surface area contributed by atoms with E-state index in [1.165, 1.54) is 0 Å². The molecular formula is C13H18N2O2. The van der Waals surface area contributed by atoms with Crippen LogP contribution in [-0.2, 0) is 9.53 Å². The number of benzene rings is 1. The molecule has 1 aromatic carbocycles. The summed E-state index contributed by atoms with van der Waals surface area (Å²) in [6, 6.07) is 7.51. The third-order valence-electron chi connectivity index (χ3n) is 3.02. The Morgan fingerprint density at radius 1 is 1.47 bits per heavy atom. The van der Waals surface area contributed by atoms with Crippen molar-refractivity contribution in [1.29, 1.82) is 0 Å². The molecule has 2 atom stereocenters. The maximum Gasteiger partial charge on any atom is 0.249 e. The Balaban J connectivity index is 1.93. The second-order valence-corrected chi connectivity index (χ2v) is 4.40. The van der Waals surface area contributed by atoms with Crippen LogP contribution in [0, 0.1) is 0 Å². The zero-order valence-electron chi connectivity index (χ0n) is 9.98. The van der Waals surface area contributed by atoms with E-state index in [1.807, 2.05) is 31.2 Å². The summed E-state index contributed by atoms with van der Waals surface area (Å²) in [5, 5.41) is 2.95. The van der Waals surface area contributed by atoms with Crippen LogP contribution >= 0.6 is 0 Å². The maximum absolute atomic E-state index is 11.8. The molecule has 4 nitrogen and oxygen atoms in total. The van der Waals surface area contributed by atoms with Gasteiger partial charge in [0.2, 0.25) is 5.91 Å². The summed E-state index contributed by atoms with van der Waals surface area (Å²) in [6.07, 6.45) is 1.51. The molecule has 1 aliphatic heterocycles. The summed E-state index contributed by atoms with van der Waals surface area (Å²) in [4.78, 5) is 11.8. The number of anilines is 1. The monoisotopic (exact) mass is 234 g/mol. The van der Waals surface area contributed by atoms with Gasteiger partial charge in [0.25, 0.3) is 0 Å². The van der Waals surface area contributed by atoms with Crippen molar-refractivity contribution < 1.29 is 9.53 Å². The van der Waals surface area contributed by atoms with Gasteiger partial charge in [-0.05, 0) is 37.5 Å². The second-order valence-electron chi connectivity index (χ2n) is 4.40. The van der Waals surface area contributed by atoms with Gasteiger partial charge in [-0.2, -0.15) is 0 Å². The first-order chi connectivity index (χ1) is 8.16. The summed E-state index contributed by atoms with van der Waals surface area (Å²) in [7, 11) is 0. The van der Waals surface area contributed by atoms with Gasteiger partial charge in [0.15, 0.2) is 0 Å². The van der Waals surface area contributed by atoms with Gasteiger partial charge in [0.05, 0.1) is 6.04 Å². The number of carbonyl (C=O) groups excluding carboxylic acids is 1. The van der Waals surface area contributed by atoms with E-state index >= 15 is 0 Å². The summed E-state index contributed by atoms with van der Waals surface area (Å²) >= 11 is 0. The number of nitrogens with two attached hydrogens (primary N) is 1. The van der Waals surface area contributed by atoms with Crippen molar-refractivity contribution in [2.45, 2.75) is 31.9 Å². The van der Waals surface area contributed by atoms with Crippen LogP contribution in [0.15, 0.2) is 24.3 Å². The highest BCUT2D eigenvalue weighted by atomic mass is 16.5. The lowest BCUT2D eigenvalue weighted by atomic mass is 10.1. The topological polar surface area (TPSA) is 64.3 Å². The highest BCUT2D eigenvalue weighted by molar-refractivity contribution is 5.81. The Morgan fingerprint density at radius 3 is 2.76 bits per heavy atom. The van der Waals surface area contributed by atoms with Gasteiger partial charge < -0.3 is 15.8 Å². The largest absolute Gasteiger partial charge is 0.399 e. The molecule has 1 aliphatic rings. The molecule has 1 amide bonds. The average Bonchev–Trinajstić information content (AvgIpc) is 2.83. The summed E-state index contributed by atoms with van der Waals surface area (Å²) in [6.45, 7) is 2.65. The number of nitrogen functional groups attached to an aromatic ring is 1. The van der Waals surface area contributed by atoms with Gasteiger partial charge in [-0.25, -0.2) is 0 Å². The van der Waals surface area contributed by atoms with Crippen molar-refractivity contribution in [1.82, 2.24) is 5.32 Å². The molecule has 17 heavy (non-hydrogen) atoms. The standard InChI is InChI=1S/C13H18N2O2/c1-9(10-4-6-11(14)7-5-10)15-13(16)12-3-2-8-17-12/h4-7,9,12H,2-3,8,14H2,1H3,(H,15,16)/t9?,12-/m0/s1. The summed E-state index contributed by atoms with van der Waals surface area (Å²) in [5.74, 6) is -0.0215. The van der Waals surface area contributed by atoms with E-state index in [9.17, 15) is 4.79 Å². The van der Waals surface area contributed by atoms with E-state index in [-0.39, 0.29) is 18.1 Å². The van der Waals surface area contributed by atoms with Crippen LogP contribution in [0.2, 0.25) is 0 Å². The fourth-order valence-electron chi connectivity index (χ4n) is 1.96. The molecule has 1 saturated heterocycles. The molecule has 0 radical (unpaired) electrons. The Kier molecular flexibility index (Phi) is 3.64. The maximum atomic E-state index is 11.8. The molecular weight excluding hydrogens is 216 g/mol. The molecule has 0 aromatic heterocycles.